The van der Waals surface area contributed by atoms with E-state index in [0.717, 1.165) is 38.4 Å². The van der Waals surface area contributed by atoms with E-state index in [-0.39, 0.29) is 0 Å². The summed E-state index contributed by atoms with van der Waals surface area (Å²) in [6, 6.07) is 0.431. The van der Waals surface area contributed by atoms with Crippen molar-refractivity contribution in [3.63, 3.8) is 0 Å². The van der Waals surface area contributed by atoms with E-state index in [1.54, 1.807) is 6.20 Å². The van der Waals surface area contributed by atoms with E-state index < -0.39 is 0 Å². The van der Waals surface area contributed by atoms with Crippen molar-refractivity contribution in [2.45, 2.75) is 18.9 Å². The van der Waals surface area contributed by atoms with Gasteiger partial charge in [-0.25, -0.2) is 4.98 Å². The van der Waals surface area contributed by atoms with Gasteiger partial charge in [-0.15, -0.1) is 0 Å². The maximum atomic E-state index is 6.11. The molecule has 5 nitrogen and oxygen atoms in total. The molecule has 0 aromatic carbocycles. The number of anilines is 2. The molecule has 2 N–H and O–H groups in total. The van der Waals surface area contributed by atoms with E-state index in [0.29, 0.717) is 17.0 Å². The highest BCUT2D eigenvalue weighted by Crippen LogP contribution is 2.27. The van der Waals surface area contributed by atoms with Crippen LogP contribution in [0.3, 0.4) is 0 Å². The second kappa shape index (κ2) is 4.66. The van der Waals surface area contributed by atoms with Crippen LogP contribution in [0.1, 0.15) is 12.8 Å². The molecule has 0 spiro atoms. The van der Waals surface area contributed by atoms with Crippen molar-refractivity contribution < 1.29 is 0 Å². The van der Waals surface area contributed by atoms with Crippen LogP contribution in [0.5, 0.6) is 0 Å². The second-order valence-electron chi connectivity index (χ2n) is 4.54. The zero-order valence-electron chi connectivity index (χ0n) is 9.62. The SMILES string of the molecule is Clc1cnc(N[C@@H]2CCNC2)nc1N1CCC1. The Morgan fingerprint density at radius 1 is 1.47 bits per heavy atom. The van der Waals surface area contributed by atoms with Crippen LogP contribution in [0.4, 0.5) is 11.8 Å². The zero-order valence-corrected chi connectivity index (χ0v) is 10.4. The normalized spacial score (nSPS) is 23.6. The first-order valence-electron chi connectivity index (χ1n) is 6.08. The molecule has 0 amide bonds. The molecule has 2 saturated heterocycles. The standard InChI is InChI=1S/C11H16ClN5/c12-9-7-14-11(15-8-2-3-13-6-8)16-10(9)17-4-1-5-17/h7-8,13H,1-6H2,(H,14,15,16)/t8-/m1/s1. The molecule has 1 atom stereocenters. The van der Waals surface area contributed by atoms with Gasteiger partial charge in [0, 0.05) is 25.7 Å². The Labute approximate surface area is 106 Å². The molecule has 3 rings (SSSR count). The van der Waals surface area contributed by atoms with Crippen LogP contribution in [-0.2, 0) is 0 Å². The molecule has 1 aromatic heterocycles. The Morgan fingerprint density at radius 2 is 2.35 bits per heavy atom. The lowest BCUT2D eigenvalue weighted by molar-refractivity contribution is 0.609. The predicted molar refractivity (Wildman–Crippen MR) is 68.8 cm³/mol. The third-order valence-corrected chi connectivity index (χ3v) is 3.54. The first-order chi connectivity index (χ1) is 8.33. The van der Waals surface area contributed by atoms with Crippen LogP contribution >= 0.6 is 11.6 Å². The van der Waals surface area contributed by atoms with Crippen molar-refractivity contribution in [3.8, 4) is 0 Å². The minimum Gasteiger partial charge on any atom is -0.355 e. The minimum atomic E-state index is 0.431. The van der Waals surface area contributed by atoms with Gasteiger partial charge in [-0.1, -0.05) is 11.6 Å². The summed E-state index contributed by atoms with van der Waals surface area (Å²) in [6.07, 6.45) is 4.02. The lowest BCUT2D eigenvalue weighted by Crippen LogP contribution is -2.38. The van der Waals surface area contributed by atoms with Crippen molar-refractivity contribution in [1.82, 2.24) is 15.3 Å². The van der Waals surface area contributed by atoms with Crippen LogP contribution in [0.25, 0.3) is 0 Å². The number of nitrogens with zero attached hydrogens (tertiary/aromatic N) is 3. The number of aromatic nitrogens is 2. The van der Waals surface area contributed by atoms with Crippen LogP contribution in [0.15, 0.2) is 6.20 Å². The van der Waals surface area contributed by atoms with Gasteiger partial charge in [-0.3, -0.25) is 0 Å². The average Bonchev–Trinajstić information content (AvgIpc) is 2.73. The second-order valence-corrected chi connectivity index (χ2v) is 4.95. The van der Waals surface area contributed by atoms with Gasteiger partial charge >= 0.3 is 0 Å². The largest absolute Gasteiger partial charge is 0.355 e. The number of hydrogen-bond donors (Lipinski definition) is 2. The number of rotatable bonds is 3. The maximum absolute atomic E-state index is 6.11. The third-order valence-electron chi connectivity index (χ3n) is 3.27. The third kappa shape index (κ3) is 2.30. The molecule has 6 heteroatoms. The van der Waals surface area contributed by atoms with Gasteiger partial charge in [0.2, 0.25) is 5.95 Å². The Hall–Kier alpha value is -1.07. The first-order valence-corrected chi connectivity index (χ1v) is 6.45. The van der Waals surface area contributed by atoms with Crippen LogP contribution in [-0.4, -0.2) is 42.2 Å². The zero-order chi connectivity index (χ0) is 11.7. The fourth-order valence-electron chi connectivity index (χ4n) is 2.14. The molecule has 3 heterocycles. The van der Waals surface area contributed by atoms with E-state index in [1.165, 1.54) is 6.42 Å². The van der Waals surface area contributed by atoms with Crippen molar-refractivity contribution >= 4 is 23.4 Å². The van der Waals surface area contributed by atoms with Crippen molar-refractivity contribution in [1.29, 1.82) is 0 Å². The summed E-state index contributed by atoms with van der Waals surface area (Å²) in [7, 11) is 0. The number of hydrogen-bond acceptors (Lipinski definition) is 5. The summed E-state index contributed by atoms with van der Waals surface area (Å²) in [6.45, 7) is 4.12. The molecule has 0 saturated carbocycles. The van der Waals surface area contributed by atoms with E-state index in [2.05, 4.69) is 25.5 Å². The van der Waals surface area contributed by atoms with Gasteiger partial charge in [-0.05, 0) is 19.4 Å². The smallest absolute Gasteiger partial charge is 0.224 e. The Balaban J connectivity index is 1.75. The minimum absolute atomic E-state index is 0.431. The molecule has 2 fully saturated rings. The molecular weight excluding hydrogens is 238 g/mol. The summed E-state index contributed by atoms with van der Waals surface area (Å²) < 4.78 is 0. The summed E-state index contributed by atoms with van der Waals surface area (Å²) in [4.78, 5) is 10.9. The lowest BCUT2D eigenvalue weighted by Gasteiger charge is -2.32. The average molecular weight is 254 g/mol. The van der Waals surface area contributed by atoms with E-state index in [1.807, 2.05) is 0 Å². The van der Waals surface area contributed by atoms with Crippen molar-refractivity contribution in [3.05, 3.63) is 11.2 Å². The van der Waals surface area contributed by atoms with Gasteiger partial charge in [0.1, 0.15) is 5.02 Å². The Kier molecular flexibility index (Phi) is 3.03. The van der Waals surface area contributed by atoms with Gasteiger partial charge < -0.3 is 15.5 Å². The molecule has 0 unspecified atom stereocenters. The van der Waals surface area contributed by atoms with E-state index in [4.69, 9.17) is 11.6 Å². The molecule has 92 valence electrons. The molecule has 17 heavy (non-hydrogen) atoms. The lowest BCUT2D eigenvalue weighted by atomic mass is 10.2. The predicted octanol–water partition coefficient (Wildman–Crippen LogP) is 1.11. The molecule has 2 aliphatic heterocycles. The van der Waals surface area contributed by atoms with Gasteiger partial charge in [0.15, 0.2) is 5.82 Å². The molecular formula is C11H16ClN5. The summed E-state index contributed by atoms with van der Waals surface area (Å²) in [5, 5.41) is 7.29. The van der Waals surface area contributed by atoms with E-state index >= 15 is 0 Å². The Morgan fingerprint density at radius 3 is 3.00 bits per heavy atom. The van der Waals surface area contributed by atoms with Crippen molar-refractivity contribution in [2.75, 3.05) is 36.4 Å². The highest BCUT2D eigenvalue weighted by Gasteiger charge is 2.21. The molecule has 0 aliphatic carbocycles. The number of nitrogens with one attached hydrogen (secondary N) is 2. The number of halogens is 1. The Bertz CT molecular complexity index is 401. The summed E-state index contributed by atoms with van der Waals surface area (Å²) in [5.41, 5.74) is 0. The molecule has 2 aliphatic rings. The first kappa shape index (κ1) is 11.0. The van der Waals surface area contributed by atoms with Crippen LogP contribution in [0.2, 0.25) is 5.02 Å². The highest BCUT2D eigenvalue weighted by molar-refractivity contribution is 6.32. The molecule has 0 radical (unpaired) electrons. The monoisotopic (exact) mass is 253 g/mol. The van der Waals surface area contributed by atoms with Crippen LogP contribution in [0, 0.1) is 0 Å². The van der Waals surface area contributed by atoms with Gasteiger partial charge in [-0.2, -0.15) is 4.98 Å². The maximum Gasteiger partial charge on any atom is 0.224 e. The van der Waals surface area contributed by atoms with Gasteiger partial charge in [0.25, 0.3) is 0 Å². The van der Waals surface area contributed by atoms with Crippen molar-refractivity contribution in [2.24, 2.45) is 0 Å². The van der Waals surface area contributed by atoms with E-state index in [9.17, 15) is 0 Å². The highest BCUT2D eigenvalue weighted by atomic mass is 35.5. The quantitative estimate of drug-likeness (QED) is 0.845. The van der Waals surface area contributed by atoms with Gasteiger partial charge in [0.05, 0.1) is 6.20 Å². The summed E-state index contributed by atoms with van der Waals surface area (Å²) in [5.74, 6) is 1.55. The van der Waals surface area contributed by atoms with Crippen LogP contribution < -0.4 is 15.5 Å². The molecule has 0 bridgehead atoms. The summed E-state index contributed by atoms with van der Waals surface area (Å²) >= 11 is 6.11. The topological polar surface area (TPSA) is 53.1 Å². The fraction of sp³-hybridized carbons (Fsp3) is 0.636. The molecule has 1 aromatic rings. The fourth-order valence-corrected chi connectivity index (χ4v) is 2.35.